The molecule has 24 heavy (non-hydrogen) atoms. The molecule has 124 valence electrons. The molecule has 4 rings (SSSR count). The molecule has 2 atom stereocenters. The summed E-state index contributed by atoms with van der Waals surface area (Å²) in [6, 6.07) is 18.0. The number of hydrogen-bond donors (Lipinski definition) is 0. The minimum Gasteiger partial charge on any atom is -0.367 e. The van der Waals surface area contributed by atoms with Crippen LogP contribution in [0.25, 0.3) is 0 Å². The molecule has 0 aromatic heterocycles. The van der Waals surface area contributed by atoms with Crippen LogP contribution >= 0.6 is 0 Å². The van der Waals surface area contributed by atoms with Gasteiger partial charge in [-0.1, -0.05) is 47.7 Å². The van der Waals surface area contributed by atoms with Crippen molar-refractivity contribution in [3.63, 3.8) is 0 Å². The summed E-state index contributed by atoms with van der Waals surface area (Å²) in [5.74, 6) is 0. The summed E-state index contributed by atoms with van der Waals surface area (Å²) < 4.78 is 0. The Hall–Kier alpha value is -2.36. The Balaban J connectivity index is 1.93. The van der Waals surface area contributed by atoms with Crippen molar-refractivity contribution in [2.45, 2.75) is 45.4 Å². The lowest BCUT2D eigenvalue weighted by Gasteiger charge is -2.36. The first-order valence-electron chi connectivity index (χ1n) is 8.81. The van der Waals surface area contributed by atoms with Crippen molar-refractivity contribution in [1.29, 1.82) is 0 Å². The van der Waals surface area contributed by atoms with Gasteiger partial charge in [0.15, 0.2) is 0 Å². The zero-order valence-corrected chi connectivity index (χ0v) is 14.6. The molecule has 0 spiro atoms. The van der Waals surface area contributed by atoms with Crippen molar-refractivity contribution in [2.75, 3.05) is 11.4 Å². The summed E-state index contributed by atoms with van der Waals surface area (Å²) in [5, 5.41) is 11.4. The normalized spacial score (nSPS) is 22.0. The monoisotopic (exact) mass is 320 g/mol. The largest absolute Gasteiger partial charge is 0.367 e. The second kappa shape index (κ2) is 5.93. The van der Waals surface area contributed by atoms with E-state index in [1.54, 1.807) is 0 Å². The molecule has 2 aromatic rings. The smallest absolute Gasteiger partial charge is 0.126 e. The molecule has 2 aromatic carbocycles. The average molecular weight is 320 g/mol. The van der Waals surface area contributed by atoms with E-state index in [0.29, 0.717) is 6.04 Å². The van der Waals surface area contributed by atoms with Crippen molar-refractivity contribution in [2.24, 2.45) is 10.3 Å². The minimum atomic E-state index is 0.0547. The number of nitrogens with zero attached hydrogens (tertiary/aromatic N) is 4. The average Bonchev–Trinajstić information content (AvgIpc) is 3.03. The molecule has 2 heterocycles. The van der Waals surface area contributed by atoms with Gasteiger partial charge in [-0.3, -0.25) is 5.01 Å². The third-order valence-corrected chi connectivity index (χ3v) is 5.11. The third kappa shape index (κ3) is 2.29. The van der Waals surface area contributed by atoms with Crippen molar-refractivity contribution in [3.8, 4) is 0 Å². The van der Waals surface area contributed by atoms with Crippen LogP contribution < -0.4 is 4.90 Å². The van der Waals surface area contributed by atoms with E-state index in [0.717, 1.165) is 13.1 Å². The minimum absolute atomic E-state index is 0.0547. The summed E-state index contributed by atoms with van der Waals surface area (Å²) in [4.78, 5) is 2.44. The predicted molar refractivity (Wildman–Crippen MR) is 96.9 cm³/mol. The van der Waals surface area contributed by atoms with E-state index < -0.39 is 0 Å². The van der Waals surface area contributed by atoms with Crippen LogP contribution in [0.2, 0.25) is 0 Å². The lowest BCUT2D eigenvalue weighted by molar-refractivity contribution is 0.173. The summed E-state index contributed by atoms with van der Waals surface area (Å²) in [6.45, 7) is 8.50. The fraction of sp³-hybridized carbons (Fsp3) is 0.400. The number of hydrogen-bond acceptors (Lipinski definition) is 4. The van der Waals surface area contributed by atoms with E-state index in [9.17, 15) is 0 Å². The molecular weight excluding hydrogens is 296 g/mol. The first kappa shape index (κ1) is 15.2. The van der Waals surface area contributed by atoms with Crippen LogP contribution in [-0.2, 0) is 6.54 Å². The van der Waals surface area contributed by atoms with E-state index in [1.165, 1.54) is 22.4 Å². The second-order valence-corrected chi connectivity index (χ2v) is 6.84. The van der Waals surface area contributed by atoms with E-state index in [4.69, 9.17) is 5.11 Å². The van der Waals surface area contributed by atoms with Crippen molar-refractivity contribution in [3.05, 3.63) is 65.2 Å². The van der Waals surface area contributed by atoms with Crippen LogP contribution in [0.4, 0.5) is 5.69 Å². The van der Waals surface area contributed by atoms with E-state index in [1.807, 2.05) is 0 Å². The second-order valence-electron chi connectivity index (χ2n) is 6.84. The van der Waals surface area contributed by atoms with Crippen LogP contribution in [0.15, 0.2) is 58.9 Å². The van der Waals surface area contributed by atoms with Gasteiger partial charge in [0.05, 0.1) is 0 Å². The van der Waals surface area contributed by atoms with E-state index in [2.05, 4.69) is 84.4 Å². The summed E-state index contributed by atoms with van der Waals surface area (Å²) >= 11 is 0. The molecule has 0 saturated carbocycles. The molecule has 0 saturated heterocycles. The first-order chi connectivity index (χ1) is 11.7. The van der Waals surface area contributed by atoms with Crippen molar-refractivity contribution < 1.29 is 0 Å². The fourth-order valence-electron chi connectivity index (χ4n) is 3.91. The van der Waals surface area contributed by atoms with Gasteiger partial charge in [-0.25, -0.2) is 0 Å². The molecule has 0 aliphatic carbocycles. The standard InChI is InChI=1S/C20H24N4/c1-4-23-13-15-9-5-6-10-16(15)20-19(21-22-24(20)14(2)3)17-11-7-8-12-18(17)23/h5-12,14,19-20H,4,13H2,1-3H3. The highest BCUT2D eigenvalue weighted by atomic mass is 15.6. The van der Waals surface area contributed by atoms with Crippen molar-refractivity contribution >= 4 is 5.69 Å². The highest BCUT2D eigenvalue weighted by Gasteiger charge is 2.40. The van der Waals surface area contributed by atoms with E-state index in [-0.39, 0.29) is 12.1 Å². The van der Waals surface area contributed by atoms with Gasteiger partial charge in [-0.05, 0) is 38.0 Å². The number of rotatable bonds is 2. The van der Waals surface area contributed by atoms with Crippen molar-refractivity contribution in [1.82, 2.24) is 5.01 Å². The zero-order valence-electron chi connectivity index (χ0n) is 14.6. The molecule has 0 fully saturated rings. The maximum atomic E-state index is 4.70. The Morgan fingerprint density at radius 3 is 2.50 bits per heavy atom. The quantitative estimate of drug-likeness (QED) is 0.788. The van der Waals surface area contributed by atoms with Crippen LogP contribution in [0.3, 0.4) is 0 Å². The maximum absolute atomic E-state index is 4.70. The Bertz CT molecular complexity index is 768. The number of fused-ring (bicyclic) bond motifs is 5. The van der Waals surface area contributed by atoms with Gasteiger partial charge < -0.3 is 4.90 Å². The number of benzene rings is 2. The number of para-hydroxylation sites is 1. The van der Waals surface area contributed by atoms with Crippen LogP contribution in [-0.4, -0.2) is 17.6 Å². The topological polar surface area (TPSA) is 31.2 Å². The lowest BCUT2D eigenvalue weighted by atomic mass is 9.87. The highest BCUT2D eigenvalue weighted by molar-refractivity contribution is 5.58. The van der Waals surface area contributed by atoms with Gasteiger partial charge in [0.25, 0.3) is 0 Å². The van der Waals surface area contributed by atoms with Gasteiger partial charge in [-0.15, -0.1) is 0 Å². The van der Waals surface area contributed by atoms with Gasteiger partial charge in [-0.2, -0.15) is 5.11 Å². The molecular formula is C20H24N4. The summed E-state index contributed by atoms with van der Waals surface area (Å²) in [5.41, 5.74) is 5.30. The molecule has 0 radical (unpaired) electrons. The molecule has 0 N–H and O–H groups in total. The molecule has 2 aliphatic heterocycles. The lowest BCUT2D eigenvalue weighted by Crippen LogP contribution is -2.33. The molecule has 2 unspecified atom stereocenters. The molecule has 4 nitrogen and oxygen atoms in total. The fourth-order valence-corrected chi connectivity index (χ4v) is 3.91. The van der Waals surface area contributed by atoms with Crippen LogP contribution in [0.5, 0.6) is 0 Å². The highest BCUT2D eigenvalue weighted by Crippen LogP contribution is 2.48. The summed E-state index contributed by atoms with van der Waals surface area (Å²) in [6.07, 6.45) is 0. The SMILES string of the molecule is CCN1Cc2ccccc2C2C(N=NN2C(C)C)c2ccccc21. The third-order valence-electron chi connectivity index (χ3n) is 5.11. The zero-order chi connectivity index (χ0) is 16.7. The first-order valence-corrected chi connectivity index (χ1v) is 8.81. The van der Waals surface area contributed by atoms with Crippen LogP contribution in [0.1, 0.15) is 49.5 Å². The molecule has 0 amide bonds. The maximum Gasteiger partial charge on any atom is 0.126 e. The Morgan fingerprint density at radius 1 is 1.04 bits per heavy atom. The Kier molecular flexibility index (Phi) is 3.75. The van der Waals surface area contributed by atoms with Gasteiger partial charge >= 0.3 is 0 Å². The van der Waals surface area contributed by atoms with Gasteiger partial charge in [0, 0.05) is 30.4 Å². The Morgan fingerprint density at radius 2 is 1.75 bits per heavy atom. The number of anilines is 1. The van der Waals surface area contributed by atoms with E-state index >= 15 is 0 Å². The summed E-state index contributed by atoms with van der Waals surface area (Å²) in [7, 11) is 0. The molecule has 2 aliphatic rings. The van der Waals surface area contributed by atoms with Gasteiger partial charge in [0.1, 0.15) is 12.1 Å². The van der Waals surface area contributed by atoms with Crippen LogP contribution in [0, 0.1) is 0 Å². The molecule has 4 heteroatoms. The predicted octanol–water partition coefficient (Wildman–Crippen LogP) is 4.90. The van der Waals surface area contributed by atoms with Gasteiger partial charge in [0.2, 0.25) is 0 Å². The Labute approximate surface area is 143 Å². The molecule has 0 bridgehead atoms.